The minimum absolute atomic E-state index is 0.232. The van der Waals surface area contributed by atoms with Gasteiger partial charge in [-0.15, -0.1) is 0 Å². The van der Waals surface area contributed by atoms with E-state index in [1.165, 1.54) is 18.7 Å². The Hall–Kier alpha value is -2.33. The summed E-state index contributed by atoms with van der Waals surface area (Å²) in [6.45, 7) is 8.75. The van der Waals surface area contributed by atoms with Gasteiger partial charge in [-0.3, -0.25) is 4.79 Å². The smallest absolute Gasteiger partial charge is 0.227 e. The molecule has 5 rings (SSSR count). The Morgan fingerprint density at radius 3 is 2.14 bits per heavy atom. The van der Waals surface area contributed by atoms with Crippen LogP contribution in [0, 0.1) is 17.8 Å². The molecule has 3 fully saturated rings. The second kappa shape index (κ2) is 7.49. The van der Waals surface area contributed by atoms with Crippen LogP contribution in [0.1, 0.15) is 26.7 Å². The molecule has 4 heteroatoms. The molecule has 1 amide bonds. The number of ether oxygens (including phenoxy) is 1. The first-order valence-corrected chi connectivity index (χ1v) is 11.0. The number of piperidine rings is 1. The predicted octanol–water partition coefficient (Wildman–Crippen LogP) is 4.45. The Morgan fingerprint density at radius 1 is 0.966 bits per heavy atom. The third-order valence-corrected chi connectivity index (χ3v) is 7.01. The number of carbonyl (C=O) groups excluding carboxylic acids is 1. The fourth-order valence-electron chi connectivity index (χ4n) is 5.04. The van der Waals surface area contributed by atoms with Gasteiger partial charge in [0.05, 0.1) is 6.61 Å². The molecule has 29 heavy (non-hydrogen) atoms. The molecule has 0 radical (unpaired) electrons. The molecule has 3 aliphatic rings. The molecular weight excluding hydrogens is 360 g/mol. The molecule has 2 aromatic rings. The average Bonchev–Trinajstić information content (AvgIpc) is 3.07. The van der Waals surface area contributed by atoms with Crippen molar-refractivity contribution in [2.75, 3.05) is 31.1 Å². The molecule has 2 unspecified atom stereocenters. The Morgan fingerprint density at radius 2 is 1.59 bits per heavy atom. The first-order valence-electron chi connectivity index (χ1n) is 11.0. The van der Waals surface area contributed by atoms with Crippen molar-refractivity contribution in [1.82, 2.24) is 4.90 Å². The largest absolute Gasteiger partial charge is 0.493 e. The summed E-state index contributed by atoms with van der Waals surface area (Å²) in [6, 6.07) is 17.4. The van der Waals surface area contributed by atoms with E-state index in [0.717, 1.165) is 54.3 Å². The molecule has 2 heterocycles. The van der Waals surface area contributed by atoms with Crippen LogP contribution < -0.4 is 9.64 Å². The van der Waals surface area contributed by atoms with Gasteiger partial charge in [-0.2, -0.15) is 0 Å². The van der Waals surface area contributed by atoms with E-state index in [9.17, 15) is 4.79 Å². The van der Waals surface area contributed by atoms with Crippen molar-refractivity contribution in [3.8, 4) is 16.9 Å². The molecule has 4 nitrogen and oxygen atoms in total. The highest BCUT2D eigenvalue weighted by Crippen LogP contribution is 2.52. The van der Waals surface area contributed by atoms with Crippen LogP contribution in [0.2, 0.25) is 0 Å². The zero-order chi connectivity index (χ0) is 20.0. The lowest BCUT2D eigenvalue weighted by atomic mass is 10.1. The maximum absolute atomic E-state index is 11.9. The van der Waals surface area contributed by atoms with Crippen LogP contribution in [0.3, 0.4) is 0 Å². The lowest BCUT2D eigenvalue weighted by Gasteiger charge is -2.23. The van der Waals surface area contributed by atoms with Crippen LogP contribution in [0.5, 0.6) is 5.75 Å². The summed E-state index contributed by atoms with van der Waals surface area (Å²) in [5.74, 6) is 3.62. The number of rotatable bonds is 6. The van der Waals surface area contributed by atoms with Crippen molar-refractivity contribution >= 4 is 11.6 Å². The van der Waals surface area contributed by atoms with Crippen molar-refractivity contribution in [3.05, 3.63) is 48.5 Å². The monoisotopic (exact) mass is 390 g/mol. The number of anilines is 1. The number of fused-ring (bicyclic) bond motifs is 1. The van der Waals surface area contributed by atoms with Crippen molar-refractivity contribution in [2.24, 2.45) is 17.8 Å². The van der Waals surface area contributed by atoms with E-state index in [1.54, 1.807) is 0 Å². The van der Waals surface area contributed by atoms with E-state index in [4.69, 9.17) is 4.74 Å². The number of benzene rings is 2. The lowest BCUT2D eigenvalue weighted by Crippen LogP contribution is -2.31. The Labute approximate surface area is 173 Å². The van der Waals surface area contributed by atoms with Gasteiger partial charge in [-0.05, 0) is 67.5 Å². The molecule has 2 aromatic carbocycles. The van der Waals surface area contributed by atoms with Gasteiger partial charge in [0.15, 0.2) is 0 Å². The number of carbonyl (C=O) groups is 1. The Bertz CT molecular complexity index is 863. The van der Waals surface area contributed by atoms with Crippen LogP contribution >= 0.6 is 0 Å². The summed E-state index contributed by atoms with van der Waals surface area (Å²) in [4.78, 5) is 16.4. The van der Waals surface area contributed by atoms with Crippen molar-refractivity contribution < 1.29 is 9.53 Å². The topological polar surface area (TPSA) is 32.8 Å². The highest BCUT2D eigenvalue weighted by atomic mass is 16.5. The number of amides is 1. The van der Waals surface area contributed by atoms with E-state index in [1.807, 2.05) is 4.90 Å². The Kier molecular flexibility index (Phi) is 4.83. The van der Waals surface area contributed by atoms with Gasteiger partial charge in [0.1, 0.15) is 5.75 Å². The summed E-state index contributed by atoms with van der Waals surface area (Å²) in [5.41, 5.74) is 3.34. The molecule has 0 spiro atoms. The van der Waals surface area contributed by atoms with Gasteiger partial charge in [0, 0.05) is 43.7 Å². The summed E-state index contributed by atoms with van der Waals surface area (Å²) in [5, 5.41) is 0. The van der Waals surface area contributed by atoms with Gasteiger partial charge in [0.2, 0.25) is 5.91 Å². The minimum atomic E-state index is 0.232. The second-order valence-electron chi connectivity index (χ2n) is 9.07. The third kappa shape index (κ3) is 3.66. The quantitative estimate of drug-likeness (QED) is 0.731. The number of nitrogens with zero attached hydrogens (tertiary/aromatic N) is 2. The summed E-state index contributed by atoms with van der Waals surface area (Å²) < 4.78 is 6.09. The molecule has 0 aromatic heterocycles. The highest BCUT2D eigenvalue weighted by molar-refractivity contribution is 5.95. The van der Waals surface area contributed by atoms with Crippen LogP contribution in [-0.4, -0.2) is 43.1 Å². The van der Waals surface area contributed by atoms with Crippen LogP contribution in [-0.2, 0) is 4.79 Å². The highest BCUT2D eigenvalue weighted by Gasteiger charge is 2.56. The van der Waals surface area contributed by atoms with Gasteiger partial charge >= 0.3 is 0 Å². The Balaban J connectivity index is 1.16. The van der Waals surface area contributed by atoms with E-state index in [0.29, 0.717) is 12.5 Å². The van der Waals surface area contributed by atoms with E-state index in [2.05, 4.69) is 67.3 Å². The molecule has 2 atom stereocenters. The molecule has 2 aliphatic heterocycles. The maximum Gasteiger partial charge on any atom is 0.227 e. The summed E-state index contributed by atoms with van der Waals surface area (Å²) in [6.07, 6.45) is 1.63. The molecule has 1 aliphatic carbocycles. The standard InChI is InChI=1S/C25H30N2O2/c1-17(2)26-14-22-23(15-26)24(22)16-29-21-11-7-19(8-12-21)18-5-9-20(10-6-18)27-13-3-4-25(27)28/h5-12,17,22-24H,3-4,13-16H2,1-2H3. The first kappa shape index (κ1) is 18.7. The van der Waals surface area contributed by atoms with E-state index < -0.39 is 0 Å². The summed E-state index contributed by atoms with van der Waals surface area (Å²) in [7, 11) is 0. The van der Waals surface area contributed by atoms with Gasteiger partial charge in [-0.25, -0.2) is 0 Å². The third-order valence-electron chi connectivity index (χ3n) is 7.01. The lowest BCUT2D eigenvalue weighted by molar-refractivity contribution is -0.117. The second-order valence-corrected chi connectivity index (χ2v) is 9.07. The number of hydrogen-bond acceptors (Lipinski definition) is 3. The van der Waals surface area contributed by atoms with Gasteiger partial charge < -0.3 is 14.5 Å². The van der Waals surface area contributed by atoms with Crippen molar-refractivity contribution in [1.29, 1.82) is 0 Å². The van der Waals surface area contributed by atoms with Crippen LogP contribution in [0.15, 0.2) is 48.5 Å². The van der Waals surface area contributed by atoms with Crippen molar-refractivity contribution in [3.63, 3.8) is 0 Å². The maximum atomic E-state index is 11.9. The fourth-order valence-corrected chi connectivity index (χ4v) is 5.04. The normalized spacial score (nSPS) is 26.2. The molecular formula is C25H30N2O2. The number of likely N-dealkylation sites (tertiary alicyclic amines) is 1. The molecule has 2 saturated heterocycles. The minimum Gasteiger partial charge on any atom is -0.493 e. The zero-order valence-electron chi connectivity index (χ0n) is 17.4. The fraction of sp³-hybridized carbons (Fsp3) is 0.480. The zero-order valence-corrected chi connectivity index (χ0v) is 17.4. The van der Waals surface area contributed by atoms with E-state index in [-0.39, 0.29) is 5.91 Å². The number of hydrogen-bond donors (Lipinski definition) is 0. The van der Waals surface area contributed by atoms with Gasteiger partial charge in [0.25, 0.3) is 0 Å². The summed E-state index contributed by atoms with van der Waals surface area (Å²) >= 11 is 0. The van der Waals surface area contributed by atoms with E-state index >= 15 is 0 Å². The molecule has 152 valence electrons. The van der Waals surface area contributed by atoms with Crippen molar-refractivity contribution in [2.45, 2.75) is 32.7 Å². The van der Waals surface area contributed by atoms with Crippen LogP contribution in [0.25, 0.3) is 11.1 Å². The SMILES string of the molecule is CC(C)N1CC2C(COc3ccc(-c4ccc(N5CCCC5=O)cc4)cc3)C2C1. The average molecular weight is 391 g/mol. The van der Waals surface area contributed by atoms with Crippen LogP contribution in [0.4, 0.5) is 5.69 Å². The molecule has 0 N–H and O–H groups in total. The first-order chi connectivity index (χ1) is 14.1. The molecule has 0 bridgehead atoms. The van der Waals surface area contributed by atoms with Gasteiger partial charge in [-0.1, -0.05) is 24.3 Å². The predicted molar refractivity (Wildman–Crippen MR) is 116 cm³/mol. The molecule has 1 saturated carbocycles.